The third-order valence-corrected chi connectivity index (χ3v) is 4.16. The SMILES string of the molecule is O[C@]12CCC[C@H](CC1)N2Cc1ccccc1. The van der Waals surface area contributed by atoms with E-state index in [2.05, 4.69) is 29.2 Å². The first kappa shape index (κ1) is 10.3. The van der Waals surface area contributed by atoms with Crippen LogP contribution in [0.1, 0.15) is 37.7 Å². The monoisotopic (exact) mass is 217 g/mol. The summed E-state index contributed by atoms with van der Waals surface area (Å²) >= 11 is 0. The summed E-state index contributed by atoms with van der Waals surface area (Å²) in [6.07, 6.45) is 5.53. The Bertz CT molecular complexity index is 360. The summed E-state index contributed by atoms with van der Waals surface area (Å²) in [6.45, 7) is 0.905. The Morgan fingerprint density at radius 2 is 2.00 bits per heavy atom. The first-order valence-corrected chi connectivity index (χ1v) is 6.31. The smallest absolute Gasteiger partial charge is 0.119 e. The molecule has 2 aliphatic heterocycles. The zero-order valence-electron chi connectivity index (χ0n) is 9.60. The number of hydrogen-bond donors (Lipinski definition) is 1. The van der Waals surface area contributed by atoms with Gasteiger partial charge in [-0.3, -0.25) is 4.90 Å². The summed E-state index contributed by atoms with van der Waals surface area (Å²) in [5, 5.41) is 10.6. The Morgan fingerprint density at radius 1 is 1.19 bits per heavy atom. The van der Waals surface area contributed by atoms with Gasteiger partial charge in [0.15, 0.2) is 0 Å². The van der Waals surface area contributed by atoms with Gasteiger partial charge in [-0.05, 0) is 37.7 Å². The van der Waals surface area contributed by atoms with Gasteiger partial charge in [0.1, 0.15) is 5.72 Å². The van der Waals surface area contributed by atoms with E-state index in [9.17, 15) is 5.11 Å². The molecule has 3 rings (SSSR count). The molecule has 2 atom stereocenters. The van der Waals surface area contributed by atoms with Crippen LogP contribution in [0.2, 0.25) is 0 Å². The summed E-state index contributed by atoms with van der Waals surface area (Å²) < 4.78 is 0. The Hall–Kier alpha value is -0.860. The summed E-state index contributed by atoms with van der Waals surface area (Å²) in [6, 6.07) is 11.1. The molecule has 0 aromatic heterocycles. The molecule has 2 saturated heterocycles. The van der Waals surface area contributed by atoms with Crippen molar-refractivity contribution >= 4 is 0 Å². The highest BCUT2D eigenvalue weighted by Crippen LogP contribution is 2.42. The molecule has 0 unspecified atom stereocenters. The van der Waals surface area contributed by atoms with Gasteiger partial charge in [-0.25, -0.2) is 0 Å². The van der Waals surface area contributed by atoms with E-state index in [0.717, 1.165) is 19.4 Å². The van der Waals surface area contributed by atoms with Crippen molar-refractivity contribution in [2.75, 3.05) is 0 Å². The molecule has 1 aromatic rings. The maximum absolute atomic E-state index is 10.6. The highest BCUT2D eigenvalue weighted by atomic mass is 16.3. The lowest BCUT2D eigenvalue weighted by molar-refractivity contribution is -0.123. The molecule has 1 aromatic carbocycles. The molecule has 2 bridgehead atoms. The molecular weight excluding hydrogens is 198 g/mol. The lowest BCUT2D eigenvalue weighted by Crippen LogP contribution is -2.49. The van der Waals surface area contributed by atoms with Gasteiger partial charge in [-0.1, -0.05) is 30.3 Å². The fraction of sp³-hybridized carbons (Fsp3) is 0.571. The van der Waals surface area contributed by atoms with Gasteiger partial charge >= 0.3 is 0 Å². The number of fused-ring (bicyclic) bond motifs is 2. The minimum Gasteiger partial charge on any atom is -0.376 e. The van der Waals surface area contributed by atoms with Crippen molar-refractivity contribution < 1.29 is 5.11 Å². The van der Waals surface area contributed by atoms with Crippen LogP contribution in [-0.4, -0.2) is 21.8 Å². The van der Waals surface area contributed by atoms with Crippen molar-refractivity contribution in [1.82, 2.24) is 4.90 Å². The van der Waals surface area contributed by atoms with Crippen molar-refractivity contribution in [3.63, 3.8) is 0 Å². The predicted octanol–water partition coefficient (Wildman–Crippen LogP) is 2.52. The number of rotatable bonds is 2. The zero-order chi connectivity index (χ0) is 11.0. The maximum Gasteiger partial charge on any atom is 0.119 e. The molecule has 2 nitrogen and oxygen atoms in total. The normalized spacial score (nSPS) is 34.2. The first-order valence-electron chi connectivity index (χ1n) is 6.31. The van der Waals surface area contributed by atoms with Crippen molar-refractivity contribution in [2.24, 2.45) is 0 Å². The van der Waals surface area contributed by atoms with Crippen molar-refractivity contribution in [3.8, 4) is 0 Å². The van der Waals surface area contributed by atoms with Crippen LogP contribution < -0.4 is 0 Å². The largest absolute Gasteiger partial charge is 0.376 e. The third kappa shape index (κ3) is 1.66. The zero-order valence-corrected chi connectivity index (χ0v) is 9.60. The fourth-order valence-electron chi connectivity index (χ4n) is 3.28. The Kier molecular flexibility index (Phi) is 2.49. The van der Waals surface area contributed by atoms with Gasteiger partial charge in [0.05, 0.1) is 0 Å². The van der Waals surface area contributed by atoms with Gasteiger partial charge < -0.3 is 5.11 Å². The third-order valence-electron chi connectivity index (χ3n) is 4.16. The van der Waals surface area contributed by atoms with Crippen LogP contribution in [0.15, 0.2) is 30.3 Å². The van der Waals surface area contributed by atoms with Gasteiger partial charge in [0.2, 0.25) is 0 Å². The molecule has 0 amide bonds. The summed E-state index contributed by atoms with van der Waals surface area (Å²) in [5.74, 6) is 0. The molecule has 2 heterocycles. The summed E-state index contributed by atoms with van der Waals surface area (Å²) in [7, 11) is 0. The van der Waals surface area contributed by atoms with Crippen LogP contribution in [0.5, 0.6) is 0 Å². The second-order valence-electron chi connectivity index (χ2n) is 5.18. The maximum atomic E-state index is 10.6. The molecular formula is C14H19NO. The van der Waals surface area contributed by atoms with Crippen LogP contribution in [0, 0.1) is 0 Å². The van der Waals surface area contributed by atoms with E-state index < -0.39 is 5.72 Å². The molecule has 0 spiro atoms. The molecule has 2 heteroatoms. The fourth-order valence-corrected chi connectivity index (χ4v) is 3.28. The number of benzene rings is 1. The van der Waals surface area contributed by atoms with E-state index in [1.54, 1.807) is 0 Å². The number of aliphatic hydroxyl groups is 1. The molecule has 0 radical (unpaired) electrons. The van der Waals surface area contributed by atoms with E-state index in [1.165, 1.54) is 24.8 Å². The summed E-state index contributed by atoms with van der Waals surface area (Å²) in [4.78, 5) is 2.33. The van der Waals surface area contributed by atoms with Crippen molar-refractivity contribution in [2.45, 2.75) is 50.4 Å². The standard InChI is InChI=1S/C14H19NO/c16-14-9-4-7-13(8-10-14)15(14)11-12-5-2-1-3-6-12/h1-3,5-6,13,16H,4,7-11H2/t13-,14-/m1/s1. The second-order valence-corrected chi connectivity index (χ2v) is 5.18. The molecule has 0 saturated carbocycles. The highest BCUT2D eigenvalue weighted by molar-refractivity contribution is 5.16. The van der Waals surface area contributed by atoms with E-state index in [1.807, 2.05) is 6.07 Å². The summed E-state index contributed by atoms with van der Waals surface area (Å²) in [5.41, 5.74) is 0.813. The van der Waals surface area contributed by atoms with E-state index in [4.69, 9.17) is 0 Å². The van der Waals surface area contributed by atoms with Crippen LogP contribution >= 0.6 is 0 Å². The molecule has 86 valence electrons. The number of hydrogen-bond acceptors (Lipinski definition) is 2. The molecule has 1 N–H and O–H groups in total. The highest BCUT2D eigenvalue weighted by Gasteiger charge is 2.46. The predicted molar refractivity (Wildman–Crippen MR) is 63.8 cm³/mol. The number of nitrogens with zero attached hydrogens (tertiary/aromatic N) is 1. The van der Waals surface area contributed by atoms with E-state index >= 15 is 0 Å². The van der Waals surface area contributed by atoms with Crippen LogP contribution in [0.3, 0.4) is 0 Å². The van der Waals surface area contributed by atoms with Crippen molar-refractivity contribution in [1.29, 1.82) is 0 Å². The number of piperidine rings is 1. The van der Waals surface area contributed by atoms with Crippen molar-refractivity contribution in [3.05, 3.63) is 35.9 Å². The quantitative estimate of drug-likeness (QED) is 0.823. The Labute approximate surface area is 96.9 Å². The van der Waals surface area contributed by atoms with Crippen LogP contribution in [0.25, 0.3) is 0 Å². The lowest BCUT2D eigenvalue weighted by atomic mass is 9.99. The Balaban J connectivity index is 1.80. The molecule has 0 aliphatic carbocycles. The minimum atomic E-state index is -0.501. The molecule has 16 heavy (non-hydrogen) atoms. The average Bonchev–Trinajstić information content (AvgIpc) is 2.50. The van der Waals surface area contributed by atoms with E-state index in [0.29, 0.717) is 6.04 Å². The molecule has 2 fully saturated rings. The minimum absolute atomic E-state index is 0.501. The lowest BCUT2D eigenvalue weighted by Gasteiger charge is -2.41. The van der Waals surface area contributed by atoms with Gasteiger partial charge in [0, 0.05) is 12.6 Å². The van der Waals surface area contributed by atoms with E-state index in [-0.39, 0.29) is 0 Å². The van der Waals surface area contributed by atoms with Gasteiger partial charge in [0.25, 0.3) is 0 Å². The Morgan fingerprint density at radius 3 is 2.75 bits per heavy atom. The van der Waals surface area contributed by atoms with Crippen LogP contribution in [-0.2, 0) is 6.54 Å². The average molecular weight is 217 g/mol. The molecule has 2 aliphatic rings. The topological polar surface area (TPSA) is 23.5 Å². The van der Waals surface area contributed by atoms with Gasteiger partial charge in [-0.15, -0.1) is 0 Å². The first-order chi connectivity index (χ1) is 7.78. The second kappa shape index (κ2) is 3.86. The van der Waals surface area contributed by atoms with Crippen LogP contribution in [0.4, 0.5) is 0 Å². The van der Waals surface area contributed by atoms with Gasteiger partial charge in [-0.2, -0.15) is 0 Å².